The maximum absolute atomic E-state index is 12.1. The summed E-state index contributed by atoms with van der Waals surface area (Å²) >= 11 is 0. The Morgan fingerprint density at radius 1 is 1.50 bits per heavy atom. The van der Waals surface area contributed by atoms with Crippen LogP contribution in [0.4, 0.5) is 0 Å². The van der Waals surface area contributed by atoms with Crippen molar-refractivity contribution in [2.75, 3.05) is 20.3 Å². The predicted octanol–water partition coefficient (Wildman–Crippen LogP) is 1.03. The van der Waals surface area contributed by atoms with Crippen LogP contribution in [0.3, 0.4) is 0 Å². The van der Waals surface area contributed by atoms with Gasteiger partial charge in [0.1, 0.15) is 6.61 Å². The summed E-state index contributed by atoms with van der Waals surface area (Å²) in [6.45, 7) is 7.15. The Kier molecular flexibility index (Phi) is 4.68. The highest BCUT2D eigenvalue weighted by atomic mass is 16.5. The van der Waals surface area contributed by atoms with Crippen molar-refractivity contribution < 1.29 is 14.3 Å². The molecular formula is C15H26N2O3. The molecule has 1 saturated carbocycles. The van der Waals surface area contributed by atoms with Crippen LogP contribution < -0.4 is 5.32 Å². The number of carbonyl (C=O) groups excluding carboxylic acids is 2. The molecule has 2 aliphatic rings. The van der Waals surface area contributed by atoms with Crippen molar-refractivity contribution in [3.05, 3.63) is 0 Å². The first-order valence-electron chi connectivity index (χ1n) is 7.52. The van der Waals surface area contributed by atoms with E-state index in [9.17, 15) is 9.59 Å². The average Bonchev–Trinajstić information content (AvgIpc) is 2.80. The van der Waals surface area contributed by atoms with Gasteiger partial charge in [0.25, 0.3) is 0 Å². The quantitative estimate of drug-likeness (QED) is 0.819. The second-order valence-corrected chi connectivity index (χ2v) is 6.44. The lowest BCUT2D eigenvalue weighted by Crippen LogP contribution is -2.39. The molecule has 0 aromatic heterocycles. The molecule has 1 heterocycles. The first-order chi connectivity index (χ1) is 9.45. The Hall–Kier alpha value is -1.10. The molecule has 4 atom stereocenters. The monoisotopic (exact) mass is 282 g/mol. The SMILES string of the molecule is COCC(=O)NC[C@H]1[C@@H]2CC(=O)N(C(C)C)[C@@H]2C[C@@H]1C. The lowest BCUT2D eigenvalue weighted by molar-refractivity contribution is -0.130. The van der Waals surface area contributed by atoms with Crippen LogP contribution in [-0.4, -0.2) is 49.1 Å². The normalized spacial score (nSPS) is 32.9. The molecule has 114 valence electrons. The minimum Gasteiger partial charge on any atom is -0.375 e. The molecule has 1 aliphatic heterocycles. The summed E-state index contributed by atoms with van der Waals surface area (Å²) < 4.78 is 4.82. The molecule has 20 heavy (non-hydrogen) atoms. The van der Waals surface area contributed by atoms with Gasteiger partial charge in [0.2, 0.25) is 11.8 Å². The molecule has 2 fully saturated rings. The van der Waals surface area contributed by atoms with Crippen LogP contribution in [0.1, 0.15) is 33.6 Å². The Morgan fingerprint density at radius 2 is 2.20 bits per heavy atom. The summed E-state index contributed by atoms with van der Waals surface area (Å²) in [6, 6.07) is 0.633. The largest absolute Gasteiger partial charge is 0.375 e. The van der Waals surface area contributed by atoms with Crippen molar-refractivity contribution in [1.29, 1.82) is 0 Å². The summed E-state index contributed by atoms with van der Waals surface area (Å²) in [5, 5.41) is 2.93. The molecule has 1 N–H and O–H groups in total. The lowest BCUT2D eigenvalue weighted by Gasteiger charge is -2.28. The highest BCUT2D eigenvalue weighted by Crippen LogP contribution is 2.46. The molecular weight excluding hydrogens is 256 g/mol. The van der Waals surface area contributed by atoms with Crippen molar-refractivity contribution in [3.63, 3.8) is 0 Å². The first kappa shape index (κ1) is 15.3. The molecule has 5 nitrogen and oxygen atoms in total. The molecule has 0 radical (unpaired) electrons. The van der Waals surface area contributed by atoms with Gasteiger partial charge in [0.15, 0.2) is 0 Å². The minimum atomic E-state index is -0.0758. The van der Waals surface area contributed by atoms with E-state index in [-0.39, 0.29) is 24.5 Å². The number of fused-ring (bicyclic) bond motifs is 1. The van der Waals surface area contributed by atoms with Crippen molar-refractivity contribution in [1.82, 2.24) is 10.2 Å². The van der Waals surface area contributed by atoms with E-state index in [4.69, 9.17) is 4.74 Å². The number of nitrogens with one attached hydrogen (secondary N) is 1. The van der Waals surface area contributed by atoms with Gasteiger partial charge in [0, 0.05) is 32.2 Å². The molecule has 0 unspecified atom stereocenters. The molecule has 2 amide bonds. The number of nitrogens with zero attached hydrogens (tertiary/aromatic N) is 1. The number of carbonyl (C=O) groups is 2. The summed E-state index contributed by atoms with van der Waals surface area (Å²) in [5.74, 6) is 1.53. The number of methoxy groups -OCH3 is 1. The van der Waals surface area contributed by atoms with Crippen LogP contribution in [-0.2, 0) is 14.3 Å². The Balaban J connectivity index is 1.98. The number of rotatable bonds is 5. The van der Waals surface area contributed by atoms with Gasteiger partial charge in [-0.1, -0.05) is 6.92 Å². The lowest BCUT2D eigenvalue weighted by atomic mass is 9.88. The second-order valence-electron chi connectivity index (χ2n) is 6.44. The highest BCUT2D eigenvalue weighted by molar-refractivity contribution is 5.80. The smallest absolute Gasteiger partial charge is 0.245 e. The Bertz CT molecular complexity index is 383. The minimum absolute atomic E-state index is 0.0758. The van der Waals surface area contributed by atoms with E-state index in [0.717, 1.165) is 6.42 Å². The first-order valence-corrected chi connectivity index (χ1v) is 7.52. The molecule has 0 aromatic rings. The fraction of sp³-hybridized carbons (Fsp3) is 0.867. The third kappa shape index (κ3) is 2.82. The Labute approximate surface area is 121 Å². The average molecular weight is 282 g/mol. The van der Waals surface area contributed by atoms with E-state index in [0.29, 0.717) is 36.8 Å². The van der Waals surface area contributed by atoms with E-state index in [2.05, 4.69) is 31.0 Å². The van der Waals surface area contributed by atoms with Gasteiger partial charge in [-0.3, -0.25) is 9.59 Å². The van der Waals surface area contributed by atoms with Crippen molar-refractivity contribution >= 4 is 11.8 Å². The summed E-state index contributed by atoms with van der Waals surface area (Å²) in [4.78, 5) is 25.7. The predicted molar refractivity (Wildman–Crippen MR) is 76.0 cm³/mol. The third-order valence-corrected chi connectivity index (χ3v) is 4.81. The van der Waals surface area contributed by atoms with Gasteiger partial charge in [0.05, 0.1) is 0 Å². The van der Waals surface area contributed by atoms with Crippen LogP contribution >= 0.6 is 0 Å². The topological polar surface area (TPSA) is 58.6 Å². The van der Waals surface area contributed by atoms with Crippen molar-refractivity contribution in [2.45, 2.75) is 45.7 Å². The van der Waals surface area contributed by atoms with Gasteiger partial charge in [-0.2, -0.15) is 0 Å². The van der Waals surface area contributed by atoms with Crippen molar-refractivity contribution in [2.24, 2.45) is 17.8 Å². The second kappa shape index (κ2) is 6.12. The molecule has 5 heteroatoms. The molecule has 0 aromatic carbocycles. The molecule has 0 spiro atoms. The van der Waals surface area contributed by atoms with Crippen LogP contribution in [0.15, 0.2) is 0 Å². The maximum atomic E-state index is 12.1. The maximum Gasteiger partial charge on any atom is 0.245 e. The van der Waals surface area contributed by atoms with Gasteiger partial charge in [-0.25, -0.2) is 0 Å². The van der Waals surface area contributed by atoms with Crippen LogP contribution in [0.25, 0.3) is 0 Å². The Morgan fingerprint density at radius 3 is 2.80 bits per heavy atom. The van der Waals surface area contributed by atoms with Crippen LogP contribution in [0.5, 0.6) is 0 Å². The van der Waals surface area contributed by atoms with Crippen molar-refractivity contribution in [3.8, 4) is 0 Å². The summed E-state index contributed by atoms with van der Waals surface area (Å²) in [6.07, 6.45) is 1.69. The number of hydrogen-bond donors (Lipinski definition) is 1. The third-order valence-electron chi connectivity index (χ3n) is 4.81. The number of likely N-dealkylation sites (tertiary alicyclic amines) is 1. The summed E-state index contributed by atoms with van der Waals surface area (Å²) in [7, 11) is 1.52. The number of hydrogen-bond acceptors (Lipinski definition) is 3. The zero-order valence-corrected chi connectivity index (χ0v) is 12.9. The zero-order valence-electron chi connectivity index (χ0n) is 12.9. The van der Waals surface area contributed by atoms with Gasteiger partial charge in [-0.15, -0.1) is 0 Å². The molecule has 1 aliphatic carbocycles. The van der Waals surface area contributed by atoms with Crippen LogP contribution in [0, 0.1) is 17.8 Å². The number of ether oxygens (including phenoxy) is 1. The van der Waals surface area contributed by atoms with Gasteiger partial charge < -0.3 is 15.0 Å². The van der Waals surface area contributed by atoms with Gasteiger partial charge in [-0.05, 0) is 38.0 Å². The van der Waals surface area contributed by atoms with E-state index in [1.807, 2.05) is 0 Å². The standard InChI is InChI=1S/C15H26N2O3/c1-9(2)17-13-5-10(3)12(11(13)6-15(17)19)7-16-14(18)8-20-4/h9-13H,5-8H2,1-4H3,(H,16,18)/t10-,11-,12+,13+/m0/s1. The molecule has 0 bridgehead atoms. The highest BCUT2D eigenvalue weighted by Gasteiger charge is 2.51. The molecule has 1 saturated heterocycles. The number of amides is 2. The summed E-state index contributed by atoms with van der Waals surface area (Å²) in [5.41, 5.74) is 0. The van der Waals surface area contributed by atoms with Crippen LogP contribution in [0.2, 0.25) is 0 Å². The van der Waals surface area contributed by atoms with E-state index in [1.54, 1.807) is 0 Å². The van der Waals surface area contributed by atoms with Gasteiger partial charge >= 0.3 is 0 Å². The van der Waals surface area contributed by atoms with E-state index in [1.165, 1.54) is 7.11 Å². The fourth-order valence-electron chi connectivity index (χ4n) is 3.97. The fourth-order valence-corrected chi connectivity index (χ4v) is 3.97. The van der Waals surface area contributed by atoms with E-state index >= 15 is 0 Å². The zero-order chi connectivity index (χ0) is 14.9. The molecule has 2 rings (SSSR count). The van der Waals surface area contributed by atoms with E-state index < -0.39 is 0 Å².